The maximum atomic E-state index is 12.9. The molecule has 2 unspecified atom stereocenters. The molecule has 0 aliphatic carbocycles. The number of aryl methyl sites for hydroxylation is 1. The molecule has 2 aliphatic rings. The lowest BCUT2D eigenvalue weighted by Gasteiger charge is -2.37. The van der Waals surface area contributed by atoms with Crippen molar-refractivity contribution >= 4 is 10.2 Å². The number of piperidine rings is 2. The third-order valence-corrected chi connectivity index (χ3v) is 6.74. The predicted octanol–water partition coefficient (Wildman–Crippen LogP) is 0.971. The van der Waals surface area contributed by atoms with Gasteiger partial charge in [0, 0.05) is 39.1 Å². The van der Waals surface area contributed by atoms with Gasteiger partial charge in [-0.2, -0.15) is 17.0 Å². The fourth-order valence-electron chi connectivity index (χ4n) is 3.54. The molecule has 2 atom stereocenters. The third-order valence-electron chi connectivity index (χ3n) is 4.77. The fourth-order valence-corrected chi connectivity index (χ4v) is 5.40. The van der Waals surface area contributed by atoms with Gasteiger partial charge in [0.15, 0.2) is 0 Å². The van der Waals surface area contributed by atoms with Crippen LogP contribution >= 0.6 is 0 Å². The second-order valence-corrected chi connectivity index (χ2v) is 8.54. The normalized spacial score (nSPS) is 28.8. The first-order valence-electron chi connectivity index (χ1n) is 8.07. The lowest BCUT2D eigenvalue weighted by Crippen LogP contribution is -2.50. The first kappa shape index (κ1) is 15.9. The minimum atomic E-state index is -3.35. The van der Waals surface area contributed by atoms with Gasteiger partial charge >= 0.3 is 0 Å². The second kappa shape index (κ2) is 6.25. The molecule has 0 amide bonds. The maximum absolute atomic E-state index is 12.9. The standard InChI is InChI=1S/C14H25N5O2S/c1-12-5-3-7-18(9-12)22(20,21)19-8-4-6-13(10-19)14-16-15-11-17(14)2/h11-13H,3-10H2,1-2H3. The van der Waals surface area contributed by atoms with Crippen LogP contribution in [0.4, 0.5) is 0 Å². The molecule has 0 spiro atoms. The van der Waals surface area contributed by atoms with E-state index < -0.39 is 10.2 Å². The van der Waals surface area contributed by atoms with Crippen molar-refractivity contribution in [2.75, 3.05) is 26.2 Å². The molecule has 7 nitrogen and oxygen atoms in total. The van der Waals surface area contributed by atoms with Crippen LogP contribution in [-0.4, -0.2) is 58.0 Å². The molecule has 2 saturated heterocycles. The Morgan fingerprint density at radius 3 is 2.45 bits per heavy atom. The average Bonchev–Trinajstić information content (AvgIpc) is 2.93. The van der Waals surface area contributed by atoms with E-state index in [2.05, 4.69) is 17.1 Å². The second-order valence-electron chi connectivity index (χ2n) is 6.61. The molecular formula is C14H25N5O2S. The Hall–Kier alpha value is -0.990. The minimum absolute atomic E-state index is 0.137. The van der Waals surface area contributed by atoms with E-state index in [0.29, 0.717) is 32.1 Å². The zero-order valence-electron chi connectivity index (χ0n) is 13.3. The van der Waals surface area contributed by atoms with E-state index in [1.165, 1.54) is 0 Å². The highest BCUT2D eigenvalue weighted by molar-refractivity contribution is 7.86. The van der Waals surface area contributed by atoms with Crippen molar-refractivity contribution in [3.8, 4) is 0 Å². The number of hydrogen-bond acceptors (Lipinski definition) is 4. The summed E-state index contributed by atoms with van der Waals surface area (Å²) in [5.74, 6) is 1.47. The van der Waals surface area contributed by atoms with E-state index in [-0.39, 0.29) is 5.92 Å². The zero-order chi connectivity index (χ0) is 15.7. The Morgan fingerprint density at radius 2 is 1.82 bits per heavy atom. The first-order chi connectivity index (χ1) is 10.5. The van der Waals surface area contributed by atoms with Crippen LogP contribution in [0.3, 0.4) is 0 Å². The monoisotopic (exact) mass is 327 g/mol. The average molecular weight is 327 g/mol. The Labute approximate surface area is 132 Å². The van der Waals surface area contributed by atoms with Gasteiger partial charge in [0.1, 0.15) is 12.2 Å². The molecule has 0 bridgehead atoms. The molecule has 2 aliphatic heterocycles. The summed E-state index contributed by atoms with van der Waals surface area (Å²) in [6, 6.07) is 0. The number of aromatic nitrogens is 3. The van der Waals surface area contributed by atoms with Gasteiger partial charge in [-0.3, -0.25) is 0 Å². The van der Waals surface area contributed by atoms with Gasteiger partial charge in [0.2, 0.25) is 0 Å². The molecule has 22 heavy (non-hydrogen) atoms. The van der Waals surface area contributed by atoms with Crippen molar-refractivity contribution < 1.29 is 8.42 Å². The van der Waals surface area contributed by atoms with Crippen molar-refractivity contribution in [3.63, 3.8) is 0 Å². The molecule has 3 rings (SSSR count). The molecule has 8 heteroatoms. The van der Waals surface area contributed by atoms with Crippen LogP contribution in [0.5, 0.6) is 0 Å². The Balaban J connectivity index is 1.75. The van der Waals surface area contributed by atoms with E-state index in [0.717, 1.165) is 31.5 Å². The molecule has 0 N–H and O–H groups in total. The van der Waals surface area contributed by atoms with Crippen molar-refractivity contribution in [2.24, 2.45) is 13.0 Å². The number of hydrogen-bond donors (Lipinski definition) is 0. The third kappa shape index (κ3) is 3.04. The van der Waals surface area contributed by atoms with Gasteiger partial charge < -0.3 is 4.57 Å². The molecule has 1 aromatic rings. The Bertz CT molecular complexity index is 615. The van der Waals surface area contributed by atoms with E-state index in [4.69, 9.17) is 0 Å². The summed E-state index contributed by atoms with van der Waals surface area (Å²) < 4.78 is 31.0. The van der Waals surface area contributed by atoms with Crippen LogP contribution in [0, 0.1) is 5.92 Å². The van der Waals surface area contributed by atoms with Gasteiger partial charge in [0.25, 0.3) is 10.2 Å². The summed E-state index contributed by atoms with van der Waals surface area (Å²) in [6.07, 6.45) is 5.60. The fraction of sp³-hybridized carbons (Fsp3) is 0.857. The SMILES string of the molecule is CC1CCCN(S(=O)(=O)N2CCCC(c3nncn3C)C2)C1. The van der Waals surface area contributed by atoms with Crippen LogP contribution in [0.1, 0.15) is 44.3 Å². The van der Waals surface area contributed by atoms with Crippen LogP contribution in [0.25, 0.3) is 0 Å². The summed E-state index contributed by atoms with van der Waals surface area (Å²) >= 11 is 0. The number of rotatable bonds is 3. The number of nitrogens with zero attached hydrogens (tertiary/aromatic N) is 5. The summed E-state index contributed by atoms with van der Waals surface area (Å²) in [5.41, 5.74) is 0. The summed E-state index contributed by atoms with van der Waals surface area (Å²) in [4.78, 5) is 0. The van der Waals surface area contributed by atoms with Gasteiger partial charge in [0.05, 0.1) is 0 Å². The smallest absolute Gasteiger partial charge is 0.282 e. The quantitative estimate of drug-likeness (QED) is 0.829. The molecule has 1 aromatic heterocycles. The Morgan fingerprint density at radius 1 is 1.14 bits per heavy atom. The highest BCUT2D eigenvalue weighted by Gasteiger charge is 2.36. The maximum Gasteiger partial charge on any atom is 0.282 e. The van der Waals surface area contributed by atoms with Gasteiger partial charge in [-0.05, 0) is 31.6 Å². The molecule has 124 valence electrons. The van der Waals surface area contributed by atoms with Crippen molar-refractivity contribution in [1.82, 2.24) is 23.4 Å². The molecule has 0 aromatic carbocycles. The molecular weight excluding hydrogens is 302 g/mol. The highest BCUT2D eigenvalue weighted by Crippen LogP contribution is 2.29. The lowest BCUT2D eigenvalue weighted by atomic mass is 9.99. The summed E-state index contributed by atoms with van der Waals surface area (Å²) in [5, 5.41) is 8.08. The van der Waals surface area contributed by atoms with E-state index in [9.17, 15) is 8.42 Å². The van der Waals surface area contributed by atoms with Gasteiger partial charge in [-0.15, -0.1) is 10.2 Å². The minimum Gasteiger partial charge on any atom is -0.320 e. The van der Waals surface area contributed by atoms with Crippen LogP contribution in [-0.2, 0) is 17.3 Å². The molecule has 3 heterocycles. The van der Waals surface area contributed by atoms with Gasteiger partial charge in [-0.1, -0.05) is 6.92 Å². The van der Waals surface area contributed by atoms with E-state index in [1.54, 1.807) is 14.9 Å². The van der Waals surface area contributed by atoms with Gasteiger partial charge in [-0.25, -0.2) is 0 Å². The summed E-state index contributed by atoms with van der Waals surface area (Å²) in [7, 11) is -1.43. The van der Waals surface area contributed by atoms with Crippen molar-refractivity contribution in [1.29, 1.82) is 0 Å². The predicted molar refractivity (Wildman–Crippen MR) is 83.4 cm³/mol. The zero-order valence-corrected chi connectivity index (χ0v) is 14.2. The molecule has 0 radical (unpaired) electrons. The topological polar surface area (TPSA) is 71.3 Å². The van der Waals surface area contributed by atoms with Crippen LogP contribution < -0.4 is 0 Å². The highest BCUT2D eigenvalue weighted by atomic mass is 32.2. The largest absolute Gasteiger partial charge is 0.320 e. The van der Waals surface area contributed by atoms with Crippen LogP contribution in [0.2, 0.25) is 0 Å². The van der Waals surface area contributed by atoms with E-state index >= 15 is 0 Å². The molecule has 0 saturated carbocycles. The Kier molecular flexibility index (Phi) is 4.52. The van der Waals surface area contributed by atoms with Crippen LogP contribution in [0.15, 0.2) is 6.33 Å². The van der Waals surface area contributed by atoms with Crippen molar-refractivity contribution in [2.45, 2.75) is 38.5 Å². The molecule has 2 fully saturated rings. The van der Waals surface area contributed by atoms with Crippen molar-refractivity contribution in [3.05, 3.63) is 12.2 Å². The lowest BCUT2D eigenvalue weighted by molar-refractivity contribution is 0.238. The first-order valence-corrected chi connectivity index (χ1v) is 9.47. The summed E-state index contributed by atoms with van der Waals surface area (Å²) in [6.45, 7) is 4.55. The van der Waals surface area contributed by atoms with E-state index in [1.807, 2.05) is 11.6 Å².